The Bertz CT molecular complexity index is 1050. The Hall–Kier alpha value is -2.52. The molecule has 2 N–H and O–H groups in total. The van der Waals surface area contributed by atoms with Crippen molar-refractivity contribution in [1.82, 2.24) is 9.97 Å². The number of carbonyl (C=O) groups excluding carboxylic acids is 1. The number of amides is 1. The van der Waals surface area contributed by atoms with E-state index in [9.17, 15) is 13.2 Å². The number of hydrogen-bond acceptors (Lipinski definition) is 7. The normalized spacial score (nSPS) is 15.4. The summed E-state index contributed by atoms with van der Waals surface area (Å²) in [6.45, 7) is 7.57. The van der Waals surface area contributed by atoms with E-state index in [0.29, 0.717) is 29.1 Å². The maximum atomic E-state index is 12.6. The molecule has 1 aliphatic heterocycles. The third-order valence-electron chi connectivity index (χ3n) is 4.90. The minimum absolute atomic E-state index is 0.0524. The second-order valence-corrected chi connectivity index (χ2v) is 10.7. The quantitative estimate of drug-likeness (QED) is 0.788. The monoisotopic (exact) mass is 432 g/mol. The lowest BCUT2D eigenvalue weighted by atomic mass is 9.98. The van der Waals surface area contributed by atoms with Crippen molar-refractivity contribution in [1.29, 1.82) is 0 Å². The molecule has 162 valence electrons. The summed E-state index contributed by atoms with van der Waals surface area (Å²) in [5.41, 5.74) is 8.18. The van der Waals surface area contributed by atoms with Gasteiger partial charge in [0, 0.05) is 42.0 Å². The van der Waals surface area contributed by atoms with E-state index >= 15 is 0 Å². The minimum atomic E-state index is -3.48. The molecule has 2 aromatic heterocycles. The molecule has 3 heterocycles. The molecule has 0 aliphatic carbocycles. The summed E-state index contributed by atoms with van der Waals surface area (Å²) in [5.74, 6) is 0.513. The molecule has 0 bridgehead atoms. The van der Waals surface area contributed by atoms with E-state index in [0.717, 1.165) is 18.4 Å². The third kappa shape index (κ3) is 4.62. The predicted octanol–water partition coefficient (Wildman–Crippen LogP) is 3.22. The zero-order chi connectivity index (χ0) is 22.1. The Morgan fingerprint density at radius 3 is 2.73 bits per heavy atom. The van der Waals surface area contributed by atoms with Crippen molar-refractivity contribution in [3.63, 3.8) is 0 Å². The van der Waals surface area contributed by atoms with Gasteiger partial charge in [0.1, 0.15) is 16.8 Å². The molecule has 3 rings (SSSR count). The summed E-state index contributed by atoms with van der Waals surface area (Å²) < 4.78 is 30.2. The van der Waals surface area contributed by atoms with Gasteiger partial charge in [0.15, 0.2) is 9.84 Å². The van der Waals surface area contributed by atoms with Crippen molar-refractivity contribution in [2.45, 2.75) is 51.5 Å². The Morgan fingerprint density at radius 1 is 1.33 bits per heavy atom. The van der Waals surface area contributed by atoms with Gasteiger partial charge >= 0.3 is 6.09 Å². The number of nitrogens with two attached hydrogens (primary N) is 1. The van der Waals surface area contributed by atoms with Crippen LogP contribution in [-0.2, 0) is 21.0 Å². The fourth-order valence-corrected chi connectivity index (χ4v) is 4.32. The van der Waals surface area contributed by atoms with Gasteiger partial charge in [0.05, 0.1) is 0 Å². The highest BCUT2D eigenvalue weighted by molar-refractivity contribution is 7.91. The fourth-order valence-electron chi connectivity index (χ4n) is 3.37. The molecule has 1 atom stereocenters. The van der Waals surface area contributed by atoms with Gasteiger partial charge < -0.3 is 10.5 Å². The van der Waals surface area contributed by atoms with Crippen LogP contribution in [0.4, 0.5) is 10.6 Å². The largest absolute Gasteiger partial charge is 0.443 e. The van der Waals surface area contributed by atoms with Gasteiger partial charge in [-0.1, -0.05) is 6.92 Å². The highest BCUT2D eigenvalue weighted by Gasteiger charge is 2.29. The van der Waals surface area contributed by atoms with E-state index in [-0.39, 0.29) is 5.75 Å². The van der Waals surface area contributed by atoms with Gasteiger partial charge in [0.25, 0.3) is 0 Å². The topological polar surface area (TPSA) is 115 Å². The second kappa shape index (κ2) is 8.31. The molecule has 30 heavy (non-hydrogen) atoms. The number of ether oxygens (including phenoxy) is 1. The Kier molecular flexibility index (Phi) is 6.14. The average molecular weight is 433 g/mol. The highest BCUT2D eigenvalue weighted by atomic mass is 32.2. The number of aromatic nitrogens is 2. The number of nitrogens with zero attached hydrogens (tertiary/aromatic N) is 3. The van der Waals surface area contributed by atoms with Gasteiger partial charge in [-0.05, 0) is 56.9 Å². The first-order valence-corrected chi connectivity index (χ1v) is 11.7. The van der Waals surface area contributed by atoms with Crippen LogP contribution in [0.5, 0.6) is 0 Å². The van der Waals surface area contributed by atoms with Crippen molar-refractivity contribution in [2.75, 3.05) is 17.2 Å². The number of rotatable bonds is 4. The number of anilines is 1. The van der Waals surface area contributed by atoms with Gasteiger partial charge in [-0.25, -0.2) is 18.2 Å². The van der Waals surface area contributed by atoms with Crippen LogP contribution in [0.25, 0.3) is 11.1 Å². The van der Waals surface area contributed by atoms with Gasteiger partial charge in [-0.3, -0.25) is 9.88 Å². The van der Waals surface area contributed by atoms with E-state index in [2.05, 4.69) is 9.97 Å². The van der Waals surface area contributed by atoms with E-state index in [1.165, 1.54) is 6.20 Å². The predicted molar refractivity (Wildman–Crippen MR) is 116 cm³/mol. The molecule has 0 saturated carbocycles. The summed E-state index contributed by atoms with van der Waals surface area (Å²) in [4.78, 5) is 22.8. The molecule has 0 spiro atoms. The van der Waals surface area contributed by atoms with Crippen LogP contribution in [-0.4, -0.2) is 42.4 Å². The Morgan fingerprint density at radius 2 is 2.07 bits per heavy atom. The zero-order valence-corrected chi connectivity index (χ0v) is 18.6. The molecule has 9 heteroatoms. The lowest BCUT2D eigenvalue weighted by molar-refractivity contribution is 0.0576. The molecule has 0 aromatic carbocycles. The van der Waals surface area contributed by atoms with Crippen molar-refractivity contribution in [2.24, 2.45) is 5.73 Å². The first-order valence-electron chi connectivity index (χ1n) is 9.94. The van der Waals surface area contributed by atoms with Crippen molar-refractivity contribution in [3.05, 3.63) is 41.9 Å². The lowest BCUT2D eigenvalue weighted by Gasteiger charge is -2.31. The first kappa shape index (κ1) is 22.2. The highest BCUT2D eigenvalue weighted by Crippen LogP contribution is 2.33. The van der Waals surface area contributed by atoms with Gasteiger partial charge in [-0.2, -0.15) is 0 Å². The van der Waals surface area contributed by atoms with Crippen molar-refractivity contribution in [3.8, 4) is 11.1 Å². The molecule has 1 unspecified atom stereocenters. The van der Waals surface area contributed by atoms with Crippen LogP contribution < -0.4 is 10.6 Å². The number of sulfone groups is 1. The first-order chi connectivity index (χ1) is 14.0. The molecule has 2 aromatic rings. The fraction of sp³-hybridized carbons (Fsp3) is 0.476. The van der Waals surface area contributed by atoms with Crippen molar-refractivity contribution >= 4 is 21.7 Å². The standard InChI is InChI=1S/C21H28N4O4S/c1-5-30(27,28)18(22)16-8-9-23-13-17(16)15-11-14-7-6-10-25(19(14)24-12-15)20(26)29-21(2,3)4/h8-9,11-13,18H,5-7,10,22H2,1-4H3. The minimum Gasteiger partial charge on any atom is -0.443 e. The summed E-state index contributed by atoms with van der Waals surface area (Å²) in [5, 5.41) is -1.14. The van der Waals surface area contributed by atoms with Crippen LogP contribution >= 0.6 is 0 Å². The Balaban J connectivity index is 1.99. The van der Waals surface area contributed by atoms with Crippen LogP contribution in [0.1, 0.15) is 50.6 Å². The molecular weight excluding hydrogens is 404 g/mol. The number of aryl methyl sites for hydroxylation is 1. The van der Waals surface area contributed by atoms with Gasteiger partial charge in [0.2, 0.25) is 0 Å². The third-order valence-corrected chi connectivity index (χ3v) is 6.73. The molecule has 1 amide bonds. The number of fused-ring (bicyclic) bond motifs is 1. The lowest BCUT2D eigenvalue weighted by Crippen LogP contribution is -2.40. The zero-order valence-electron chi connectivity index (χ0n) is 17.8. The summed E-state index contributed by atoms with van der Waals surface area (Å²) in [6.07, 6.45) is 5.85. The van der Waals surface area contributed by atoms with E-state index in [1.54, 1.807) is 30.3 Å². The second-order valence-electron chi connectivity index (χ2n) is 8.28. The number of carbonyl (C=O) groups is 1. The number of hydrogen-bond donors (Lipinski definition) is 1. The maximum Gasteiger partial charge on any atom is 0.416 e. The SMILES string of the molecule is CCS(=O)(=O)C(N)c1ccncc1-c1cnc2c(c1)CCCN2C(=O)OC(C)(C)C. The smallest absolute Gasteiger partial charge is 0.416 e. The van der Waals surface area contributed by atoms with Gasteiger partial charge in [-0.15, -0.1) is 0 Å². The molecular formula is C21H28N4O4S. The average Bonchev–Trinajstić information content (AvgIpc) is 2.71. The molecule has 0 fully saturated rings. The molecule has 0 radical (unpaired) electrons. The summed E-state index contributed by atoms with van der Waals surface area (Å²) in [7, 11) is -3.48. The van der Waals surface area contributed by atoms with Crippen LogP contribution in [0.2, 0.25) is 0 Å². The van der Waals surface area contributed by atoms with E-state index < -0.39 is 26.9 Å². The Labute approximate surface area is 177 Å². The van der Waals surface area contributed by atoms with E-state index in [4.69, 9.17) is 10.5 Å². The maximum absolute atomic E-state index is 12.6. The summed E-state index contributed by atoms with van der Waals surface area (Å²) >= 11 is 0. The molecule has 0 saturated heterocycles. The van der Waals surface area contributed by atoms with Crippen LogP contribution in [0, 0.1) is 0 Å². The molecule has 1 aliphatic rings. The summed E-state index contributed by atoms with van der Waals surface area (Å²) in [6, 6.07) is 3.55. The van der Waals surface area contributed by atoms with Crippen LogP contribution in [0.3, 0.4) is 0 Å². The van der Waals surface area contributed by atoms with Crippen LogP contribution in [0.15, 0.2) is 30.7 Å². The van der Waals surface area contributed by atoms with Crippen molar-refractivity contribution < 1.29 is 17.9 Å². The van der Waals surface area contributed by atoms with E-state index in [1.807, 2.05) is 26.8 Å². The molecule has 8 nitrogen and oxygen atoms in total. The number of pyridine rings is 2.